The first-order valence-corrected chi connectivity index (χ1v) is 12.5. The molecule has 0 unspecified atom stereocenters. The van der Waals surface area contributed by atoms with Crippen molar-refractivity contribution in [2.24, 2.45) is 0 Å². The van der Waals surface area contributed by atoms with Crippen LogP contribution >= 0.6 is 0 Å². The zero-order valence-electron chi connectivity index (χ0n) is 19.3. The van der Waals surface area contributed by atoms with E-state index in [1.165, 1.54) is 4.31 Å². The standard InChI is InChI=1S/C26H28N2O5S/c1-32-23-8-3-19(4-9-23)5-14-26(29)27-22-7-6-20-15-16-28(18-21(20)17-22)34(30,31)25-12-10-24(33-2)11-13-25/h3-4,6-13,17H,5,14-16,18H2,1-2H3,(H,27,29). The lowest BCUT2D eigenvalue weighted by molar-refractivity contribution is -0.116. The van der Waals surface area contributed by atoms with Crippen molar-refractivity contribution in [2.75, 3.05) is 26.1 Å². The lowest BCUT2D eigenvalue weighted by Gasteiger charge is -2.28. The highest BCUT2D eigenvalue weighted by Gasteiger charge is 2.28. The fourth-order valence-electron chi connectivity index (χ4n) is 3.98. The van der Waals surface area contributed by atoms with Gasteiger partial charge in [0.05, 0.1) is 19.1 Å². The molecule has 1 amide bonds. The van der Waals surface area contributed by atoms with Gasteiger partial charge in [0.2, 0.25) is 15.9 Å². The van der Waals surface area contributed by atoms with Crippen molar-refractivity contribution in [3.8, 4) is 11.5 Å². The summed E-state index contributed by atoms with van der Waals surface area (Å²) in [5.41, 5.74) is 3.72. The molecule has 7 nitrogen and oxygen atoms in total. The summed E-state index contributed by atoms with van der Waals surface area (Å²) in [4.78, 5) is 12.7. The van der Waals surface area contributed by atoms with Crippen molar-refractivity contribution in [1.29, 1.82) is 0 Å². The largest absolute Gasteiger partial charge is 0.497 e. The molecule has 4 rings (SSSR count). The van der Waals surface area contributed by atoms with E-state index in [4.69, 9.17) is 9.47 Å². The number of carbonyl (C=O) groups is 1. The smallest absolute Gasteiger partial charge is 0.243 e. The van der Waals surface area contributed by atoms with E-state index in [0.717, 1.165) is 22.4 Å². The topological polar surface area (TPSA) is 84.9 Å². The van der Waals surface area contributed by atoms with E-state index < -0.39 is 10.0 Å². The van der Waals surface area contributed by atoms with Crippen LogP contribution in [0.5, 0.6) is 11.5 Å². The van der Waals surface area contributed by atoms with E-state index in [1.54, 1.807) is 38.5 Å². The predicted molar refractivity (Wildman–Crippen MR) is 131 cm³/mol. The van der Waals surface area contributed by atoms with Crippen molar-refractivity contribution in [2.45, 2.75) is 30.7 Å². The van der Waals surface area contributed by atoms with Crippen LogP contribution in [0.2, 0.25) is 0 Å². The fourth-order valence-corrected chi connectivity index (χ4v) is 5.40. The Morgan fingerprint density at radius 3 is 2.21 bits per heavy atom. The third-order valence-electron chi connectivity index (χ3n) is 5.96. The summed E-state index contributed by atoms with van der Waals surface area (Å²) in [5.74, 6) is 1.30. The molecule has 3 aromatic carbocycles. The number of fused-ring (bicyclic) bond motifs is 1. The van der Waals surface area contributed by atoms with Crippen LogP contribution in [0.25, 0.3) is 0 Å². The molecule has 34 heavy (non-hydrogen) atoms. The second-order valence-corrected chi connectivity index (χ2v) is 10.1. The van der Waals surface area contributed by atoms with Gasteiger partial charge in [0.25, 0.3) is 0 Å². The van der Waals surface area contributed by atoms with Crippen LogP contribution in [0, 0.1) is 0 Å². The molecule has 0 bridgehead atoms. The number of benzene rings is 3. The zero-order chi connectivity index (χ0) is 24.1. The first-order chi connectivity index (χ1) is 16.4. The third-order valence-corrected chi connectivity index (χ3v) is 7.82. The van der Waals surface area contributed by atoms with Crippen LogP contribution < -0.4 is 14.8 Å². The number of ether oxygens (including phenoxy) is 2. The Kier molecular flexibility index (Phi) is 7.19. The zero-order valence-corrected chi connectivity index (χ0v) is 20.1. The summed E-state index contributed by atoms with van der Waals surface area (Å²) in [6.45, 7) is 0.675. The summed E-state index contributed by atoms with van der Waals surface area (Å²) < 4.78 is 38.0. The van der Waals surface area contributed by atoms with Gasteiger partial charge in [-0.3, -0.25) is 4.79 Å². The SMILES string of the molecule is COc1ccc(CCC(=O)Nc2ccc3c(c2)CN(S(=O)(=O)c2ccc(OC)cc2)CC3)cc1. The molecule has 1 N–H and O–H groups in total. The summed E-state index contributed by atoms with van der Waals surface area (Å²) in [6.07, 6.45) is 1.59. The van der Waals surface area contributed by atoms with Gasteiger partial charge in [-0.1, -0.05) is 18.2 Å². The average Bonchev–Trinajstić information content (AvgIpc) is 2.87. The first kappa shape index (κ1) is 23.8. The van der Waals surface area contributed by atoms with Crippen LogP contribution in [-0.2, 0) is 34.2 Å². The number of carbonyl (C=O) groups excluding carboxylic acids is 1. The molecule has 0 fully saturated rings. The van der Waals surface area contributed by atoms with Crippen LogP contribution in [-0.4, -0.2) is 39.4 Å². The van der Waals surface area contributed by atoms with Crippen LogP contribution in [0.4, 0.5) is 5.69 Å². The van der Waals surface area contributed by atoms with Crippen molar-refractivity contribution in [3.05, 3.63) is 83.4 Å². The maximum atomic E-state index is 13.1. The summed E-state index contributed by atoms with van der Waals surface area (Å²) in [5, 5.41) is 2.94. The number of nitrogens with zero attached hydrogens (tertiary/aromatic N) is 1. The van der Waals surface area contributed by atoms with Gasteiger partial charge in [-0.2, -0.15) is 4.31 Å². The quantitative estimate of drug-likeness (QED) is 0.526. The Morgan fingerprint density at radius 2 is 1.56 bits per heavy atom. The molecule has 1 aliphatic rings. The van der Waals surface area contributed by atoms with Crippen LogP contribution in [0.3, 0.4) is 0 Å². The highest BCUT2D eigenvalue weighted by Crippen LogP contribution is 2.28. The number of anilines is 1. The molecule has 0 radical (unpaired) electrons. The number of hydrogen-bond acceptors (Lipinski definition) is 5. The van der Waals surface area contributed by atoms with Crippen molar-refractivity contribution >= 4 is 21.6 Å². The number of aryl methyl sites for hydroxylation is 1. The first-order valence-electron chi connectivity index (χ1n) is 11.1. The maximum absolute atomic E-state index is 13.1. The number of methoxy groups -OCH3 is 2. The van der Waals surface area contributed by atoms with Crippen molar-refractivity contribution in [1.82, 2.24) is 4.31 Å². The lowest BCUT2D eigenvalue weighted by atomic mass is 10.0. The molecule has 0 aromatic heterocycles. The monoisotopic (exact) mass is 480 g/mol. The number of nitrogens with one attached hydrogen (secondary N) is 1. The van der Waals surface area contributed by atoms with Gasteiger partial charge in [-0.15, -0.1) is 0 Å². The van der Waals surface area contributed by atoms with E-state index >= 15 is 0 Å². The Morgan fingerprint density at radius 1 is 0.912 bits per heavy atom. The lowest BCUT2D eigenvalue weighted by Crippen LogP contribution is -2.36. The molecule has 1 heterocycles. The second kappa shape index (κ2) is 10.3. The number of hydrogen-bond donors (Lipinski definition) is 1. The van der Waals surface area contributed by atoms with Crippen molar-refractivity contribution < 1.29 is 22.7 Å². The Labute approximate surface area is 200 Å². The van der Waals surface area contributed by atoms with Gasteiger partial charge in [-0.05, 0) is 78.1 Å². The molecule has 178 valence electrons. The molecule has 0 spiro atoms. The minimum atomic E-state index is -3.63. The third kappa shape index (κ3) is 5.40. The Balaban J connectivity index is 1.40. The van der Waals surface area contributed by atoms with Crippen LogP contribution in [0.1, 0.15) is 23.1 Å². The van der Waals surface area contributed by atoms with Gasteiger partial charge >= 0.3 is 0 Å². The van der Waals surface area contributed by atoms with Gasteiger partial charge < -0.3 is 14.8 Å². The molecule has 1 aliphatic heterocycles. The van der Waals surface area contributed by atoms with E-state index in [2.05, 4.69) is 5.32 Å². The summed E-state index contributed by atoms with van der Waals surface area (Å²) in [7, 11) is -0.466. The van der Waals surface area contributed by atoms with E-state index in [0.29, 0.717) is 37.2 Å². The molecule has 8 heteroatoms. The van der Waals surface area contributed by atoms with E-state index in [9.17, 15) is 13.2 Å². The molecule has 0 atom stereocenters. The summed E-state index contributed by atoms with van der Waals surface area (Å²) >= 11 is 0. The van der Waals surface area contributed by atoms with Gasteiger partial charge in [-0.25, -0.2) is 8.42 Å². The molecule has 0 aliphatic carbocycles. The normalized spacial score (nSPS) is 13.7. The Hall–Kier alpha value is -3.36. The predicted octanol–water partition coefficient (Wildman–Crippen LogP) is 4.02. The molecule has 3 aromatic rings. The maximum Gasteiger partial charge on any atom is 0.243 e. The van der Waals surface area contributed by atoms with Gasteiger partial charge in [0, 0.05) is 25.2 Å². The molecule has 0 saturated heterocycles. The van der Waals surface area contributed by atoms with E-state index in [1.807, 2.05) is 42.5 Å². The highest BCUT2D eigenvalue weighted by atomic mass is 32.2. The van der Waals surface area contributed by atoms with Crippen LogP contribution in [0.15, 0.2) is 71.6 Å². The van der Waals surface area contributed by atoms with Gasteiger partial charge in [0.15, 0.2) is 0 Å². The Bertz CT molecular complexity index is 1260. The highest BCUT2D eigenvalue weighted by molar-refractivity contribution is 7.89. The number of sulfonamides is 1. The number of rotatable bonds is 8. The minimum Gasteiger partial charge on any atom is -0.497 e. The molecular weight excluding hydrogens is 452 g/mol. The minimum absolute atomic E-state index is 0.0886. The van der Waals surface area contributed by atoms with Gasteiger partial charge in [0.1, 0.15) is 11.5 Å². The summed E-state index contributed by atoms with van der Waals surface area (Å²) in [6, 6.07) is 19.8. The average molecular weight is 481 g/mol. The number of amides is 1. The fraction of sp³-hybridized carbons (Fsp3) is 0.269. The molecule has 0 saturated carbocycles. The molecular formula is C26H28N2O5S. The second-order valence-electron chi connectivity index (χ2n) is 8.14. The van der Waals surface area contributed by atoms with E-state index in [-0.39, 0.29) is 17.3 Å². The van der Waals surface area contributed by atoms with Crippen molar-refractivity contribution in [3.63, 3.8) is 0 Å².